The first-order valence-electron chi connectivity index (χ1n) is 5.50. The van der Waals surface area contributed by atoms with Crippen LogP contribution < -0.4 is 16.4 Å². The van der Waals surface area contributed by atoms with Gasteiger partial charge in [0, 0.05) is 26.7 Å². The van der Waals surface area contributed by atoms with Crippen molar-refractivity contribution in [1.29, 1.82) is 0 Å². The summed E-state index contributed by atoms with van der Waals surface area (Å²) < 4.78 is 1.77. The average molecular weight is 260 g/mol. The van der Waals surface area contributed by atoms with Crippen LogP contribution in [0.2, 0.25) is 5.02 Å². The Morgan fingerprint density at radius 1 is 1.53 bits per heavy atom. The summed E-state index contributed by atoms with van der Waals surface area (Å²) in [5.41, 5.74) is 6.79. The molecular formula is C10H18ClN5O. The molecule has 0 aliphatic carbocycles. The summed E-state index contributed by atoms with van der Waals surface area (Å²) in [5, 5.41) is 10.7. The van der Waals surface area contributed by atoms with Crippen LogP contribution in [0.3, 0.4) is 0 Å². The Hall–Kier alpha value is -1.27. The highest BCUT2D eigenvalue weighted by Gasteiger charge is 2.11. The van der Waals surface area contributed by atoms with E-state index in [4.69, 9.17) is 17.3 Å². The predicted octanol–water partition coefficient (Wildman–Crippen LogP) is 0.394. The van der Waals surface area contributed by atoms with Crippen LogP contribution in [0.25, 0.3) is 0 Å². The summed E-state index contributed by atoms with van der Waals surface area (Å²) in [6, 6.07) is -0.515. The smallest absolute Gasteiger partial charge is 0.312 e. The van der Waals surface area contributed by atoms with Crippen LogP contribution in [0.1, 0.15) is 18.3 Å². The predicted molar refractivity (Wildman–Crippen MR) is 66.9 cm³/mol. The van der Waals surface area contributed by atoms with Gasteiger partial charge in [-0.25, -0.2) is 4.79 Å². The molecule has 0 radical (unpaired) electrons. The van der Waals surface area contributed by atoms with E-state index in [0.717, 1.165) is 17.8 Å². The lowest BCUT2D eigenvalue weighted by molar-refractivity contribution is 0.249. The molecule has 2 amide bonds. The lowest BCUT2D eigenvalue weighted by Gasteiger charge is -2.06. The zero-order valence-corrected chi connectivity index (χ0v) is 10.8. The molecule has 0 aliphatic heterocycles. The van der Waals surface area contributed by atoms with Crippen molar-refractivity contribution in [2.24, 2.45) is 12.8 Å². The Kier molecular flexibility index (Phi) is 5.24. The molecule has 1 rings (SSSR count). The molecule has 0 fully saturated rings. The molecule has 1 aromatic rings. The molecule has 17 heavy (non-hydrogen) atoms. The molecule has 6 nitrogen and oxygen atoms in total. The van der Waals surface area contributed by atoms with Crippen molar-refractivity contribution in [3.8, 4) is 0 Å². The third-order valence-electron chi connectivity index (χ3n) is 2.40. The first-order chi connectivity index (χ1) is 8.06. The highest BCUT2D eigenvalue weighted by molar-refractivity contribution is 6.31. The first-order valence-corrected chi connectivity index (χ1v) is 5.88. The Morgan fingerprint density at radius 2 is 2.24 bits per heavy atom. The van der Waals surface area contributed by atoms with Gasteiger partial charge in [0.2, 0.25) is 0 Å². The summed E-state index contributed by atoms with van der Waals surface area (Å²) in [6.07, 6.45) is 0.815. The minimum atomic E-state index is -0.515. The minimum absolute atomic E-state index is 0.492. The first kappa shape index (κ1) is 13.8. The van der Waals surface area contributed by atoms with Gasteiger partial charge in [-0.2, -0.15) is 5.10 Å². The third-order valence-corrected chi connectivity index (χ3v) is 2.83. The van der Waals surface area contributed by atoms with E-state index in [2.05, 4.69) is 15.7 Å². The van der Waals surface area contributed by atoms with Gasteiger partial charge < -0.3 is 16.4 Å². The van der Waals surface area contributed by atoms with E-state index in [1.807, 2.05) is 14.0 Å². The number of hydrogen-bond acceptors (Lipinski definition) is 3. The van der Waals surface area contributed by atoms with Gasteiger partial charge in [0.15, 0.2) is 0 Å². The fourth-order valence-electron chi connectivity index (χ4n) is 1.49. The second-order valence-corrected chi connectivity index (χ2v) is 4.03. The third kappa shape index (κ3) is 3.90. The van der Waals surface area contributed by atoms with Crippen molar-refractivity contribution in [2.75, 3.05) is 13.1 Å². The van der Waals surface area contributed by atoms with Gasteiger partial charge >= 0.3 is 6.03 Å². The zero-order chi connectivity index (χ0) is 12.8. The molecule has 4 N–H and O–H groups in total. The molecule has 0 saturated carbocycles. The van der Waals surface area contributed by atoms with Crippen molar-refractivity contribution in [2.45, 2.75) is 19.9 Å². The van der Waals surface area contributed by atoms with Crippen LogP contribution in [-0.4, -0.2) is 28.9 Å². The number of nitrogens with one attached hydrogen (secondary N) is 2. The minimum Gasteiger partial charge on any atom is -0.352 e. The van der Waals surface area contributed by atoms with Gasteiger partial charge in [-0.1, -0.05) is 18.5 Å². The molecule has 0 unspecified atom stereocenters. The number of aromatic nitrogens is 2. The number of amides is 2. The maximum Gasteiger partial charge on any atom is 0.312 e. The second-order valence-electron chi connectivity index (χ2n) is 3.65. The molecule has 96 valence electrons. The van der Waals surface area contributed by atoms with Crippen molar-refractivity contribution in [1.82, 2.24) is 20.4 Å². The molecular weight excluding hydrogens is 242 g/mol. The zero-order valence-electron chi connectivity index (χ0n) is 10.1. The summed E-state index contributed by atoms with van der Waals surface area (Å²) in [4.78, 5) is 10.4. The highest BCUT2D eigenvalue weighted by Crippen LogP contribution is 2.20. The topological polar surface area (TPSA) is 85.0 Å². The number of urea groups is 1. The summed E-state index contributed by atoms with van der Waals surface area (Å²) in [5.74, 6) is 0. The fraction of sp³-hybridized carbons (Fsp3) is 0.600. The van der Waals surface area contributed by atoms with Gasteiger partial charge in [-0.15, -0.1) is 0 Å². The molecule has 0 bridgehead atoms. The standard InChI is InChI=1S/C10H18ClN5O/c1-3-7-9(11)8(16(2)15-7)6-13-4-5-14-10(12)17/h13H,3-6H2,1-2H3,(H3,12,14,17). The number of carbonyl (C=O) groups excluding carboxylic acids is 1. The van der Waals surface area contributed by atoms with E-state index in [-0.39, 0.29) is 0 Å². The van der Waals surface area contributed by atoms with E-state index in [1.54, 1.807) is 4.68 Å². The van der Waals surface area contributed by atoms with E-state index >= 15 is 0 Å². The van der Waals surface area contributed by atoms with Crippen LogP contribution in [0, 0.1) is 0 Å². The van der Waals surface area contributed by atoms with Crippen LogP contribution in [0.15, 0.2) is 0 Å². The molecule has 0 aliphatic rings. The Morgan fingerprint density at radius 3 is 2.76 bits per heavy atom. The number of aryl methyl sites for hydroxylation is 2. The summed E-state index contributed by atoms with van der Waals surface area (Å²) >= 11 is 6.18. The quantitative estimate of drug-likeness (QED) is 0.647. The maximum absolute atomic E-state index is 10.4. The second kappa shape index (κ2) is 6.46. The molecule has 0 spiro atoms. The van der Waals surface area contributed by atoms with Crippen molar-refractivity contribution in [3.05, 3.63) is 16.4 Å². The van der Waals surface area contributed by atoms with Crippen LogP contribution in [-0.2, 0) is 20.0 Å². The lowest BCUT2D eigenvalue weighted by Crippen LogP contribution is -2.35. The molecule has 0 saturated heterocycles. The van der Waals surface area contributed by atoms with Crippen LogP contribution in [0.5, 0.6) is 0 Å². The summed E-state index contributed by atoms with van der Waals surface area (Å²) in [7, 11) is 1.86. The monoisotopic (exact) mass is 259 g/mol. The molecule has 1 aromatic heterocycles. The van der Waals surface area contributed by atoms with E-state index in [1.165, 1.54) is 0 Å². The van der Waals surface area contributed by atoms with Crippen molar-refractivity contribution >= 4 is 17.6 Å². The number of hydrogen-bond donors (Lipinski definition) is 3. The number of nitrogens with zero attached hydrogens (tertiary/aromatic N) is 2. The van der Waals surface area contributed by atoms with Gasteiger partial charge in [0.25, 0.3) is 0 Å². The molecule has 0 aromatic carbocycles. The fourth-order valence-corrected chi connectivity index (χ4v) is 1.85. The Balaban J connectivity index is 2.41. The lowest BCUT2D eigenvalue weighted by atomic mass is 10.3. The highest BCUT2D eigenvalue weighted by atomic mass is 35.5. The van der Waals surface area contributed by atoms with E-state index in [9.17, 15) is 4.79 Å². The van der Waals surface area contributed by atoms with Crippen LogP contribution >= 0.6 is 11.6 Å². The normalized spacial score (nSPS) is 10.5. The Bertz CT molecular complexity index is 390. The van der Waals surface area contributed by atoms with Crippen LogP contribution in [0.4, 0.5) is 4.79 Å². The van der Waals surface area contributed by atoms with Gasteiger partial charge in [0.05, 0.1) is 16.4 Å². The molecule has 7 heteroatoms. The average Bonchev–Trinajstić information content (AvgIpc) is 2.54. The van der Waals surface area contributed by atoms with Gasteiger partial charge in [-0.05, 0) is 6.42 Å². The maximum atomic E-state index is 10.4. The number of primary amides is 1. The van der Waals surface area contributed by atoms with E-state index in [0.29, 0.717) is 24.7 Å². The largest absolute Gasteiger partial charge is 0.352 e. The molecule has 0 atom stereocenters. The number of halogens is 1. The van der Waals surface area contributed by atoms with Gasteiger partial charge in [-0.3, -0.25) is 4.68 Å². The molecule has 1 heterocycles. The van der Waals surface area contributed by atoms with E-state index < -0.39 is 6.03 Å². The van der Waals surface area contributed by atoms with Crippen molar-refractivity contribution < 1.29 is 4.79 Å². The van der Waals surface area contributed by atoms with Crippen molar-refractivity contribution in [3.63, 3.8) is 0 Å². The van der Waals surface area contributed by atoms with Gasteiger partial charge in [0.1, 0.15) is 0 Å². The Labute approximate surface area is 105 Å². The number of carbonyl (C=O) groups is 1. The summed E-state index contributed by atoms with van der Waals surface area (Å²) in [6.45, 7) is 3.75. The number of rotatable bonds is 6. The number of nitrogens with two attached hydrogens (primary N) is 1. The SMILES string of the molecule is CCc1nn(C)c(CNCCNC(N)=O)c1Cl.